The van der Waals surface area contributed by atoms with E-state index in [0.29, 0.717) is 5.95 Å². The average molecular weight is 130 g/mol. The van der Waals surface area contributed by atoms with Crippen molar-refractivity contribution < 1.29 is 9.47 Å². The van der Waals surface area contributed by atoms with Crippen LogP contribution < -0.4 is 0 Å². The van der Waals surface area contributed by atoms with Gasteiger partial charge in [-0.2, -0.15) is 0 Å². The second-order valence-corrected chi connectivity index (χ2v) is 1.72. The molecule has 0 aromatic heterocycles. The Morgan fingerprint density at radius 2 is 1.89 bits per heavy atom. The summed E-state index contributed by atoms with van der Waals surface area (Å²) in [6, 6.07) is 0. The molecule has 0 atom stereocenters. The van der Waals surface area contributed by atoms with E-state index >= 15 is 0 Å². The largest absolute Gasteiger partial charge is 0.469 e. The predicted octanol–water partition coefficient (Wildman–Crippen LogP) is 1.92. The molecule has 0 saturated heterocycles. The summed E-state index contributed by atoms with van der Waals surface area (Å²) < 4.78 is 9.68. The maximum atomic E-state index is 4.84. The van der Waals surface area contributed by atoms with E-state index in [1.165, 1.54) is 0 Å². The monoisotopic (exact) mass is 130 g/mol. The highest BCUT2D eigenvalue weighted by Gasteiger charge is 1.88. The highest BCUT2D eigenvalue weighted by Crippen LogP contribution is 1.98. The van der Waals surface area contributed by atoms with Gasteiger partial charge in [-0.15, -0.1) is 0 Å². The topological polar surface area (TPSA) is 18.5 Å². The Morgan fingerprint density at radius 1 is 1.33 bits per heavy atom. The van der Waals surface area contributed by atoms with Gasteiger partial charge in [0, 0.05) is 0 Å². The molecule has 0 N–H and O–H groups in total. The van der Waals surface area contributed by atoms with E-state index in [-0.39, 0.29) is 0 Å². The van der Waals surface area contributed by atoms with Crippen LogP contribution in [-0.4, -0.2) is 14.2 Å². The van der Waals surface area contributed by atoms with Gasteiger partial charge in [0.25, 0.3) is 5.95 Å². The third kappa shape index (κ3) is 3.88. The molecule has 0 radical (unpaired) electrons. The van der Waals surface area contributed by atoms with Crippen LogP contribution in [0, 0.1) is 0 Å². The molecule has 0 aliphatic rings. The fourth-order valence-electron chi connectivity index (χ4n) is 0.512. The van der Waals surface area contributed by atoms with Crippen molar-refractivity contribution in [1.29, 1.82) is 0 Å². The Labute approximate surface area is 56.5 Å². The second kappa shape index (κ2) is 5.48. The number of unbranched alkanes of at least 4 members (excludes halogenated alkanes) is 1. The maximum Gasteiger partial charge on any atom is 0.274 e. The van der Waals surface area contributed by atoms with Gasteiger partial charge in [-0.05, 0) is 12.5 Å². The van der Waals surface area contributed by atoms with Gasteiger partial charge in [0.05, 0.1) is 14.2 Å². The molecule has 0 aliphatic heterocycles. The van der Waals surface area contributed by atoms with Crippen molar-refractivity contribution in [2.75, 3.05) is 14.2 Å². The first-order chi connectivity index (χ1) is 4.35. The van der Waals surface area contributed by atoms with E-state index < -0.39 is 0 Å². The summed E-state index contributed by atoms with van der Waals surface area (Å²) in [5.41, 5.74) is 0. The zero-order chi connectivity index (χ0) is 7.11. The fourth-order valence-corrected chi connectivity index (χ4v) is 0.512. The number of allylic oxidation sites excluding steroid dienone is 1. The van der Waals surface area contributed by atoms with Crippen molar-refractivity contribution in [3.63, 3.8) is 0 Å². The fraction of sp³-hybridized carbons (Fsp3) is 0.714. The molecular formula is C7H14O2. The molecule has 0 saturated carbocycles. The number of rotatable bonds is 4. The van der Waals surface area contributed by atoms with Crippen molar-refractivity contribution >= 4 is 0 Å². The van der Waals surface area contributed by atoms with Gasteiger partial charge in [-0.25, -0.2) is 0 Å². The van der Waals surface area contributed by atoms with E-state index in [0.717, 1.165) is 12.8 Å². The van der Waals surface area contributed by atoms with Crippen molar-refractivity contribution in [1.82, 2.24) is 0 Å². The Balaban J connectivity index is 3.48. The van der Waals surface area contributed by atoms with Crippen LogP contribution in [0.2, 0.25) is 0 Å². The van der Waals surface area contributed by atoms with Crippen LogP contribution in [0.1, 0.15) is 19.8 Å². The van der Waals surface area contributed by atoms with E-state index in [9.17, 15) is 0 Å². The molecule has 2 nitrogen and oxygen atoms in total. The summed E-state index contributed by atoms with van der Waals surface area (Å²) in [6.07, 6.45) is 4.06. The van der Waals surface area contributed by atoms with Crippen LogP contribution in [0.15, 0.2) is 12.0 Å². The molecule has 0 spiro atoms. The molecule has 0 aliphatic carbocycles. The normalized spacial score (nSPS) is 8.33. The van der Waals surface area contributed by atoms with Crippen LogP contribution >= 0.6 is 0 Å². The van der Waals surface area contributed by atoms with Crippen molar-refractivity contribution in [2.24, 2.45) is 0 Å². The molecule has 54 valence electrons. The van der Waals surface area contributed by atoms with Crippen molar-refractivity contribution in [2.45, 2.75) is 19.8 Å². The molecule has 0 aromatic rings. The average Bonchev–Trinajstić information content (AvgIpc) is 1.91. The minimum Gasteiger partial charge on any atom is -0.469 e. The van der Waals surface area contributed by atoms with E-state index in [1.807, 2.05) is 6.08 Å². The summed E-state index contributed by atoms with van der Waals surface area (Å²) in [7, 11) is 3.20. The molecule has 9 heavy (non-hydrogen) atoms. The smallest absolute Gasteiger partial charge is 0.274 e. The van der Waals surface area contributed by atoms with Crippen LogP contribution in [0.4, 0.5) is 0 Å². The maximum absolute atomic E-state index is 4.84. The Bertz CT molecular complexity index is 80.9. The lowest BCUT2D eigenvalue weighted by molar-refractivity contribution is 0.0939. The lowest BCUT2D eigenvalue weighted by atomic mass is 10.3. The SMILES string of the molecule is CCCC=C(OC)OC. The third-order valence-corrected chi connectivity index (χ3v) is 1.00. The lowest BCUT2D eigenvalue weighted by Gasteiger charge is -2.01. The first-order valence-corrected chi connectivity index (χ1v) is 3.13. The van der Waals surface area contributed by atoms with Crippen LogP contribution in [0.3, 0.4) is 0 Å². The molecule has 0 amide bonds. The lowest BCUT2D eigenvalue weighted by Crippen LogP contribution is -1.88. The molecule has 0 fully saturated rings. The number of ether oxygens (including phenoxy) is 2. The Kier molecular flexibility index (Phi) is 5.07. The van der Waals surface area contributed by atoms with E-state index in [4.69, 9.17) is 9.47 Å². The van der Waals surface area contributed by atoms with Crippen LogP contribution in [0.5, 0.6) is 0 Å². The molecular weight excluding hydrogens is 116 g/mol. The van der Waals surface area contributed by atoms with E-state index in [1.54, 1.807) is 14.2 Å². The number of methoxy groups -OCH3 is 2. The van der Waals surface area contributed by atoms with Gasteiger partial charge < -0.3 is 9.47 Å². The van der Waals surface area contributed by atoms with Crippen molar-refractivity contribution in [3.8, 4) is 0 Å². The summed E-state index contributed by atoms with van der Waals surface area (Å²) in [5.74, 6) is 0.608. The van der Waals surface area contributed by atoms with Gasteiger partial charge in [0.1, 0.15) is 0 Å². The first-order valence-electron chi connectivity index (χ1n) is 3.13. The van der Waals surface area contributed by atoms with Gasteiger partial charge in [-0.1, -0.05) is 13.3 Å². The van der Waals surface area contributed by atoms with Crippen molar-refractivity contribution in [3.05, 3.63) is 12.0 Å². The Morgan fingerprint density at radius 3 is 2.22 bits per heavy atom. The first kappa shape index (κ1) is 8.34. The van der Waals surface area contributed by atoms with Gasteiger partial charge in [0.15, 0.2) is 0 Å². The van der Waals surface area contributed by atoms with Crippen LogP contribution in [-0.2, 0) is 9.47 Å². The zero-order valence-electron chi connectivity index (χ0n) is 6.31. The summed E-state index contributed by atoms with van der Waals surface area (Å²) in [4.78, 5) is 0. The summed E-state index contributed by atoms with van der Waals surface area (Å²) >= 11 is 0. The second-order valence-electron chi connectivity index (χ2n) is 1.72. The summed E-state index contributed by atoms with van der Waals surface area (Å²) in [6.45, 7) is 2.11. The highest BCUT2D eigenvalue weighted by molar-refractivity contribution is 4.81. The van der Waals surface area contributed by atoms with E-state index in [2.05, 4.69) is 6.92 Å². The molecule has 0 unspecified atom stereocenters. The number of hydrogen-bond acceptors (Lipinski definition) is 2. The molecule has 0 bridgehead atoms. The predicted molar refractivity (Wildman–Crippen MR) is 37.0 cm³/mol. The van der Waals surface area contributed by atoms with Crippen LogP contribution in [0.25, 0.3) is 0 Å². The minimum absolute atomic E-state index is 0.608. The number of hydrogen-bond donors (Lipinski definition) is 0. The van der Waals surface area contributed by atoms with Gasteiger partial charge in [0.2, 0.25) is 0 Å². The van der Waals surface area contributed by atoms with Gasteiger partial charge in [-0.3, -0.25) is 0 Å². The minimum atomic E-state index is 0.608. The quantitative estimate of drug-likeness (QED) is 0.541. The molecule has 0 heterocycles. The molecule has 0 aromatic carbocycles. The Hall–Kier alpha value is -0.660. The third-order valence-electron chi connectivity index (χ3n) is 1.00. The zero-order valence-corrected chi connectivity index (χ0v) is 6.31. The standard InChI is InChI=1S/C7H14O2/c1-4-5-6-7(8-2)9-3/h6H,4-5H2,1-3H3. The summed E-state index contributed by atoms with van der Waals surface area (Å²) in [5, 5.41) is 0. The molecule has 2 heteroatoms. The van der Waals surface area contributed by atoms with Gasteiger partial charge >= 0.3 is 0 Å². The molecule has 0 rings (SSSR count). The highest BCUT2D eigenvalue weighted by atomic mass is 16.7.